The second kappa shape index (κ2) is 8.62. The van der Waals surface area contributed by atoms with E-state index in [1.807, 2.05) is 60.7 Å². The van der Waals surface area contributed by atoms with Gasteiger partial charge >= 0.3 is 11.9 Å². The Morgan fingerprint density at radius 3 is 1.56 bits per heavy atom. The van der Waals surface area contributed by atoms with Crippen LogP contribution in [0.2, 0.25) is 0 Å². The molecule has 0 aliphatic carbocycles. The Hall–Kier alpha value is -3.67. The monoisotopic (exact) mass is 362 g/mol. The SMILES string of the molecule is Nc1cc(C(=O)OCc2ccccc2)nc(C(=O)OCc2ccccc2)c1. The van der Waals surface area contributed by atoms with E-state index in [9.17, 15) is 9.59 Å². The van der Waals surface area contributed by atoms with Crippen LogP contribution in [0.25, 0.3) is 0 Å². The van der Waals surface area contributed by atoms with Gasteiger partial charge in [-0.25, -0.2) is 14.6 Å². The number of aromatic nitrogens is 1. The van der Waals surface area contributed by atoms with Crippen LogP contribution in [0.4, 0.5) is 5.69 Å². The van der Waals surface area contributed by atoms with Crippen molar-refractivity contribution in [3.63, 3.8) is 0 Å². The molecule has 0 spiro atoms. The van der Waals surface area contributed by atoms with Gasteiger partial charge in [0.2, 0.25) is 0 Å². The summed E-state index contributed by atoms with van der Waals surface area (Å²) in [5.41, 5.74) is 7.62. The smallest absolute Gasteiger partial charge is 0.357 e. The van der Waals surface area contributed by atoms with Gasteiger partial charge in [0.15, 0.2) is 11.4 Å². The molecule has 0 aliphatic rings. The summed E-state index contributed by atoms with van der Waals surface area (Å²) in [5, 5.41) is 0. The van der Waals surface area contributed by atoms with Crippen LogP contribution in [0.5, 0.6) is 0 Å². The molecule has 3 rings (SSSR count). The van der Waals surface area contributed by atoms with E-state index in [4.69, 9.17) is 15.2 Å². The average molecular weight is 362 g/mol. The van der Waals surface area contributed by atoms with E-state index < -0.39 is 11.9 Å². The molecule has 3 aromatic rings. The van der Waals surface area contributed by atoms with Crippen molar-refractivity contribution in [2.24, 2.45) is 0 Å². The zero-order valence-electron chi connectivity index (χ0n) is 14.5. The number of nitrogens with two attached hydrogens (primary N) is 1. The van der Waals surface area contributed by atoms with E-state index >= 15 is 0 Å². The number of benzene rings is 2. The molecule has 0 radical (unpaired) electrons. The summed E-state index contributed by atoms with van der Waals surface area (Å²) < 4.78 is 10.4. The molecule has 0 saturated heterocycles. The van der Waals surface area contributed by atoms with E-state index in [2.05, 4.69) is 4.98 Å². The number of nitrogens with zero attached hydrogens (tertiary/aromatic N) is 1. The predicted octanol–water partition coefficient (Wildman–Crippen LogP) is 3.38. The van der Waals surface area contributed by atoms with Gasteiger partial charge in [-0.05, 0) is 23.3 Å². The summed E-state index contributed by atoms with van der Waals surface area (Å²) in [7, 11) is 0. The second-order valence-corrected chi connectivity index (χ2v) is 5.79. The Labute approximate surface area is 156 Å². The lowest BCUT2D eigenvalue weighted by Gasteiger charge is -2.08. The fraction of sp³-hybridized carbons (Fsp3) is 0.0952. The van der Waals surface area contributed by atoms with Gasteiger partial charge in [-0.1, -0.05) is 60.7 Å². The number of carbonyl (C=O) groups excluding carboxylic acids is 2. The third kappa shape index (κ3) is 5.15. The molecule has 136 valence electrons. The maximum absolute atomic E-state index is 12.2. The minimum atomic E-state index is -0.664. The van der Waals surface area contributed by atoms with Gasteiger partial charge in [-0.15, -0.1) is 0 Å². The Morgan fingerprint density at radius 2 is 1.15 bits per heavy atom. The van der Waals surface area contributed by atoms with E-state index in [-0.39, 0.29) is 30.3 Å². The zero-order chi connectivity index (χ0) is 19.1. The Bertz CT molecular complexity index is 854. The van der Waals surface area contributed by atoms with Crippen LogP contribution in [0.1, 0.15) is 32.1 Å². The first-order valence-electron chi connectivity index (χ1n) is 8.31. The van der Waals surface area contributed by atoms with Crippen LogP contribution in [0, 0.1) is 0 Å². The number of pyridine rings is 1. The third-order valence-electron chi connectivity index (χ3n) is 3.69. The molecule has 1 heterocycles. The van der Waals surface area contributed by atoms with Gasteiger partial charge in [-0.3, -0.25) is 0 Å². The standard InChI is InChI=1S/C21H18N2O4/c22-17-11-18(20(24)26-13-15-7-3-1-4-8-15)23-19(12-17)21(25)27-14-16-9-5-2-6-10-16/h1-12H,13-14H2,(H2,22,23). The molecule has 0 saturated carbocycles. The quantitative estimate of drug-likeness (QED) is 0.676. The molecular weight excluding hydrogens is 344 g/mol. The number of hydrogen-bond acceptors (Lipinski definition) is 6. The summed E-state index contributed by atoms with van der Waals surface area (Å²) in [6, 6.07) is 21.2. The van der Waals surface area contributed by atoms with Crippen molar-refractivity contribution in [3.8, 4) is 0 Å². The van der Waals surface area contributed by atoms with Crippen LogP contribution in [-0.2, 0) is 22.7 Å². The van der Waals surface area contributed by atoms with Crippen LogP contribution in [-0.4, -0.2) is 16.9 Å². The number of ether oxygens (including phenoxy) is 2. The van der Waals surface area contributed by atoms with Crippen molar-refractivity contribution >= 4 is 17.6 Å². The van der Waals surface area contributed by atoms with Gasteiger partial charge < -0.3 is 15.2 Å². The summed E-state index contributed by atoms with van der Waals surface area (Å²) in [6.45, 7) is 0.202. The van der Waals surface area contributed by atoms with Crippen LogP contribution < -0.4 is 5.73 Å². The number of anilines is 1. The van der Waals surface area contributed by atoms with Crippen LogP contribution >= 0.6 is 0 Å². The van der Waals surface area contributed by atoms with Gasteiger partial charge in [0, 0.05) is 5.69 Å². The summed E-state index contributed by atoms with van der Waals surface area (Å²) >= 11 is 0. The molecule has 0 bridgehead atoms. The van der Waals surface area contributed by atoms with E-state index in [1.165, 1.54) is 12.1 Å². The molecular formula is C21H18N2O4. The molecule has 0 atom stereocenters. The minimum absolute atomic E-state index is 0.0439. The molecule has 27 heavy (non-hydrogen) atoms. The first-order chi connectivity index (χ1) is 13.1. The summed E-state index contributed by atoms with van der Waals surface area (Å²) in [4.78, 5) is 28.5. The van der Waals surface area contributed by atoms with Gasteiger partial charge in [0.1, 0.15) is 13.2 Å². The molecule has 0 unspecified atom stereocenters. The second-order valence-electron chi connectivity index (χ2n) is 5.79. The maximum atomic E-state index is 12.2. The fourth-order valence-electron chi connectivity index (χ4n) is 2.35. The molecule has 6 nitrogen and oxygen atoms in total. The van der Waals surface area contributed by atoms with Gasteiger partial charge in [0.25, 0.3) is 0 Å². The topological polar surface area (TPSA) is 91.5 Å². The maximum Gasteiger partial charge on any atom is 0.357 e. The molecule has 2 N–H and O–H groups in total. The molecule has 1 aromatic heterocycles. The third-order valence-corrected chi connectivity index (χ3v) is 3.69. The molecule has 0 fully saturated rings. The van der Waals surface area contributed by atoms with Crippen molar-refractivity contribution in [2.45, 2.75) is 13.2 Å². The van der Waals surface area contributed by atoms with Crippen molar-refractivity contribution in [1.82, 2.24) is 4.98 Å². The number of esters is 2. The first-order valence-corrected chi connectivity index (χ1v) is 8.31. The lowest BCUT2D eigenvalue weighted by atomic mass is 10.2. The fourth-order valence-corrected chi connectivity index (χ4v) is 2.35. The normalized spacial score (nSPS) is 10.2. The van der Waals surface area contributed by atoms with Crippen molar-refractivity contribution in [1.29, 1.82) is 0 Å². The van der Waals surface area contributed by atoms with E-state index in [0.717, 1.165) is 11.1 Å². The zero-order valence-corrected chi connectivity index (χ0v) is 14.5. The largest absolute Gasteiger partial charge is 0.456 e. The van der Waals surface area contributed by atoms with Crippen molar-refractivity contribution < 1.29 is 19.1 Å². The van der Waals surface area contributed by atoms with Gasteiger partial charge in [0.05, 0.1) is 0 Å². The van der Waals surface area contributed by atoms with Crippen molar-refractivity contribution in [3.05, 3.63) is 95.3 Å². The number of nitrogen functional groups attached to an aromatic ring is 1. The highest BCUT2D eigenvalue weighted by atomic mass is 16.5. The molecule has 0 amide bonds. The molecule has 0 aliphatic heterocycles. The van der Waals surface area contributed by atoms with E-state index in [1.54, 1.807) is 0 Å². The van der Waals surface area contributed by atoms with Crippen LogP contribution in [0.15, 0.2) is 72.8 Å². The highest BCUT2D eigenvalue weighted by Gasteiger charge is 2.16. The molecule has 2 aromatic carbocycles. The van der Waals surface area contributed by atoms with Gasteiger partial charge in [-0.2, -0.15) is 0 Å². The Balaban J connectivity index is 1.66. The van der Waals surface area contributed by atoms with E-state index in [0.29, 0.717) is 0 Å². The first kappa shape index (κ1) is 18.1. The highest BCUT2D eigenvalue weighted by molar-refractivity contribution is 5.93. The minimum Gasteiger partial charge on any atom is -0.456 e. The van der Waals surface area contributed by atoms with Crippen molar-refractivity contribution in [2.75, 3.05) is 5.73 Å². The van der Waals surface area contributed by atoms with Crippen LogP contribution in [0.3, 0.4) is 0 Å². The Kier molecular flexibility index (Phi) is 5.79. The number of carbonyl (C=O) groups is 2. The summed E-state index contributed by atoms with van der Waals surface area (Å²) in [6.07, 6.45) is 0. The lowest BCUT2D eigenvalue weighted by molar-refractivity contribution is 0.0456. The Morgan fingerprint density at radius 1 is 0.741 bits per heavy atom. The molecule has 6 heteroatoms. The highest BCUT2D eigenvalue weighted by Crippen LogP contribution is 2.12. The average Bonchev–Trinajstić information content (AvgIpc) is 2.71. The predicted molar refractivity (Wildman–Crippen MR) is 99.8 cm³/mol. The summed E-state index contributed by atoms with van der Waals surface area (Å²) in [5.74, 6) is -1.33. The lowest BCUT2D eigenvalue weighted by Crippen LogP contribution is -2.14. The number of rotatable bonds is 6. The number of hydrogen-bond donors (Lipinski definition) is 1.